The average molecular weight is 277 g/mol. The van der Waals surface area contributed by atoms with Crippen molar-refractivity contribution in [2.45, 2.75) is 6.92 Å². The van der Waals surface area contributed by atoms with E-state index in [1.807, 2.05) is 19.1 Å². The standard InChI is InChI=1S/C13H13ClN4O/c1-8-3-2-4-10(14)12(8)17-13(19)11-6-5-9(18-15)7-16-11/h2-7,18H,15H2,1H3,(H,17,19). The highest BCUT2D eigenvalue weighted by molar-refractivity contribution is 6.34. The number of para-hydroxylation sites is 1. The molecule has 0 bridgehead atoms. The third-order valence-corrected chi connectivity index (χ3v) is 2.94. The maximum atomic E-state index is 12.0. The second-order valence-electron chi connectivity index (χ2n) is 3.96. The lowest BCUT2D eigenvalue weighted by molar-refractivity contribution is 0.102. The second kappa shape index (κ2) is 5.69. The topological polar surface area (TPSA) is 80.0 Å². The summed E-state index contributed by atoms with van der Waals surface area (Å²) in [5.41, 5.74) is 4.85. The number of carbonyl (C=O) groups is 1. The van der Waals surface area contributed by atoms with E-state index in [1.165, 1.54) is 6.20 Å². The molecule has 1 heterocycles. The zero-order valence-electron chi connectivity index (χ0n) is 10.3. The summed E-state index contributed by atoms with van der Waals surface area (Å²) in [6, 6.07) is 8.67. The molecule has 0 aliphatic rings. The number of pyridine rings is 1. The van der Waals surface area contributed by atoms with E-state index in [2.05, 4.69) is 15.7 Å². The predicted octanol–water partition coefficient (Wildman–Crippen LogP) is 2.58. The molecule has 98 valence electrons. The summed E-state index contributed by atoms with van der Waals surface area (Å²) < 4.78 is 0. The molecule has 2 aromatic rings. The Balaban J connectivity index is 2.20. The molecule has 0 unspecified atom stereocenters. The maximum absolute atomic E-state index is 12.0. The van der Waals surface area contributed by atoms with Crippen molar-refractivity contribution >= 4 is 28.9 Å². The predicted molar refractivity (Wildman–Crippen MR) is 76.2 cm³/mol. The molecule has 0 saturated heterocycles. The van der Waals surface area contributed by atoms with Crippen molar-refractivity contribution in [1.82, 2.24) is 4.98 Å². The van der Waals surface area contributed by atoms with Crippen LogP contribution in [0.25, 0.3) is 0 Å². The molecule has 1 aromatic carbocycles. The third-order valence-electron chi connectivity index (χ3n) is 2.62. The number of benzene rings is 1. The number of nitrogens with zero attached hydrogens (tertiary/aromatic N) is 1. The Kier molecular flexibility index (Phi) is 3.99. The summed E-state index contributed by atoms with van der Waals surface area (Å²) >= 11 is 6.05. The van der Waals surface area contributed by atoms with Crippen LogP contribution in [0.5, 0.6) is 0 Å². The van der Waals surface area contributed by atoms with E-state index in [-0.39, 0.29) is 5.91 Å². The Morgan fingerprint density at radius 3 is 2.68 bits per heavy atom. The van der Waals surface area contributed by atoms with E-state index in [4.69, 9.17) is 17.4 Å². The number of hydrazine groups is 1. The number of hydrogen-bond acceptors (Lipinski definition) is 4. The lowest BCUT2D eigenvalue weighted by atomic mass is 10.2. The quantitative estimate of drug-likeness (QED) is 0.595. The van der Waals surface area contributed by atoms with E-state index in [0.29, 0.717) is 22.1 Å². The van der Waals surface area contributed by atoms with E-state index in [1.54, 1.807) is 18.2 Å². The van der Waals surface area contributed by atoms with Crippen LogP contribution in [0, 0.1) is 6.92 Å². The van der Waals surface area contributed by atoms with Gasteiger partial charge in [-0.3, -0.25) is 10.6 Å². The summed E-state index contributed by atoms with van der Waals surface area (Å²) in [6.45, 7) is 1.87. The molecule has 1 aromatic heterocycles. The first-order chi connectivity index (χ1) is 9.11. The largest absolute Gasteiger partial charge is 0.323 e. The van der Waals surface area contributed by atoms with Gasteiger partial charge in [0.05, 0.1) is 22.6 Å². The van der Waals surface area contributed by atoms with Crippen LogP contribution >= 0.6 is 11.6 Å². The van der Waals surface area contributed by atoms with Gasteiger partial charge in [0.25, 0.3) is 5.91 Å². The van der Waals surface area contributed by atoms with Crippen LogP contribution in [0.4, 0.5) is 11.4 Å². The van der Waals surface area contributed by atoms with Crippen molar-refractivity contribution in [3.8, 4) is 0 Å². The smallest absolute Gasteiger partial charge is 0.274 e. The van der Waals surface area contributed by atoms with Crippen LogP contribution in [-0.2, 0) is 0 Å². The van der Waals surface area contributed by atoms with Gasteiger partial charge in [-0.1, -0.05) is 23.7 Å². The Morgan fingerprint density at radius 2 is 2.11 bits per heavy atom. The molecule has 6 heteroatoms. The molecule has 4 N–H and O–H groups in total. The normalized spacial score (nSPS) is 10.1. The molecule has 0 radical (unpaired) electrons. The van der Waals surface area contributed by atoms with Crippen molar-refractivity contribution in [2.24, 2.45) is 5.84 Å². The first-order valence-corrected chi connectivity index (χ1v) is 5.98. The fraction of sp³-hybridized carbons (Fsp3) is 0.0769. The second-order valence-corrected chi connectivity index (χ2v) is 4.37. The van der Waals surface area contributed by atoms with Gasteiger partial charge in [-0.25, -0.2) is 4.98 Å². The van der Waals surface area contributed by atoms with Crippen molar-refractivity contribution in [3.63, 3.8) is 0 Å². The minimum atomic E-state index is -0.320. The van der Waals surface area contributed by atoms with Crippen molar-refractivity contribution < 1.29 is 4.79 Å². The Bertz CT molecular complexity index is 578. The number of carbonyl (C=O) groups excluding carboxylic acids is 1. The number of aromatic nitrogens is 1. The summed E-state index contributed by atoms with van der Waals surface area (Å²) in [4.78, 5) is 16.0. The SMILES string of the molecule is Cc1cccc(Cl)c1NC(=O)c1ccc(NN)cn1. The first-order valence-electron chi connectivity index (χ1n) is 5.61. The van der Waals surface area contributed by atoms with Gasteiger partial charge in [-0.15, -0.1) is 0 Å². The fourth-order valence-corrected chi connectivity index (χ4v) is 1.85. The number of halogens is 1. The highest BCUT2D eigenvalue weighted by Gasteiger charge is 2.11. The van der Waals surface area contributed by atoms with Crippen LogP contribution in [0.15, 0.2) is 36.5 Å². The zero-order chi connectivity index (χ0) is 13.8. The monoisotopic (exact) mass is 276 g/mol. The number of anilines is 2. The molecule has 0 saturated carbocycles. The van der Waals surface area contributed by atoms with Gasteiger partial charge >= 0.3 is 0 Å². The Hall–Kier alpha value is -2.11. The highest BCUT2D eigenvalue weighted by atomic mass is 35.5. The average Bonchev–Trinajstić information content (AvgIpc) is 2.43. The molecule has 0 fully saturated rings. The van der Waals surface area contributed by atoms with Gasteiger partial charge in [-0.2, -0.15) is 0 Å². The third kappa shape index (κ3) is 3.01. The molecular formula is C13H13ClN4O. The lowest BCUT2D eigenvalue weighted by Crippen LogP contribution is -2.15. The van der Waals surface area contributed by atoms with Crippen LogP contribution in [0.2, 0.25) is 5.02 Å². The molecule has 1 amide bonds. The van der Waals surface area contributed by atoms with E-state index in [9.17, 15) is 4.79 Å². The number of nitrogen functional groups attached to an aromatic ring is 1. The summed E-state index contributed by atoms with van der Waals surface area (Å²) in [5, 5.41) is 3.24. The van der Waals surface area contributed by atoms with Crippen molar-refractivity contribution in [3.05, 3.63) is 52.8 Å². The molecule has 0 atom stereocenters. The van der Waals surface area contributed by atoms with Crippen LogP contribution < -0.4 is 16.6 Å². The van der Waals surface area contributed by atoms with Gasteiger partial charge in [0.15, 0.2) is 0 Å². The van der Waals surface area contributed by atoms with Gasteiger partial charge in [0, 0.05) is 0 Å². The highest BCUT2D eigenvalue weighted by Crippen LogP contribution is 2.25. The lowest BCUT2D eigenvalue weighted by Gasteiger charge is -2.10. The van der Waals surface area contributed by atoms with Gasteiger partial charge < -0.3 is 10.7 Å². The maximum Gasteiger partial charge on any atom is 0.274 e. The number of aryl methyl sites for hydroxylation is 1. The number of amides is 1. The van der Waals surface area contributed by atoms with E-state index >= 15 is 0 Å². The van der Waals surface area contributed by atoms with Gasteiger partial charge in [0.2, 0.25) is 0 Å². The number of nitrogens with two attached hydrogens (primary N) is 1. The first kappa shape index (κ1) is 13.3. The minimum Gasteiger partial charge on any atom is -0.323 e. The molecule has 0 aliphatic heterocycles. The zero-order valence-corrected chi connectivity index (χ0v) is 11.0. The molecule has 2 rings (SSSR count). The molecule has 0 spiro atoms. The van der Waals surface area contributed by atoms with Crippen LogP contribution in [-0.4, -0.2) is 10.9 Å². The summed E-state index contributed by atoms with van der Waals surface area (Å²) in [6.07, 6.45) is 1.48. The van der Waals surface area contributed by atoms with Crippen LogP contribution in [0.3, 0.4) is 0 Å². The van der Waals surface area contributed by atoms with Crippen LogP contribution in [0.1, 0.15) is 16.1 Å². The number of hydrogen-bond donors (Lipinski definition) is 3. The molecule has 5 nitrogen and oxygen atoms in total. The number of nitrogens with one attached hydrogen (secondary N) is 2. The summed E-state index contributed by atoms with van der Waals surface area (Å²) in [5.74, 6) is 4.91. The molecule has 19 heavy (non-hydrogen) atoms. The van der Waals surface area contributed by atoms with E-state index < -0.39 is 0 Å². The fourth-order valence-electron chi connectivity index (χ4n) is 1.58. The Morgan fingerprint density at radius 1 is 1.32 bits per heavy atom. The van der Waals surface area contributed by atoms with Crippen molar-refractivity contribution in [1.29, 1.82) is 0 Å². The molecule has 0 aliphatic carbocycles. The van der Waals surface area contributed by atoms with Gasteiger partial charge in [0.1, 0.15) is 5.69 Å². The minimum absolute atomic E-state index is 0.290. The van der Waals surface area contributed by atoms with Gasteiger partial charge in [-0.05, 0) is 30.7 Å². The van der Waals surface area contributed by atoms with Crippen molar-refractivity contribution in [2.75, 3.05) is 10.7 Å². The Labute approximate surface area is 115 Å². The number of rotatable bonds is 3. The molecular weight excluding hydrogens is 264 g/mol. The van der Waals surface area contributed by atoms with E-state index in [0.717, 1.165) is 5.56 Å². The summed E-state index contributed by atoms with van der Waals surface area (Å²) in [7, 11) is 0.